The van der Waals surface area contributed by atoms with Crippen LogP contribution in [0.2, 0.25) is 0 Å². The molecule has 2 unspecified atom stereocenters. The molecule has 0 aromatic carbocycles. The maximum atomic E-state index is 11.5. The van der Waals surface area contributed by atoms with Gasteiger partial charge in [-0.3, -0.25) is 4.79 Å². The average molecular weight is 225 g/mol. The van der Waals surface area contributed by atoms with E-state index in [1.54, 1.807) is 6.92 Å². The quantitative estimate of drug-likeness (QED) is 0.739. The maximum absolute atomic E-state index is 11.5. The second kappa shape index (κ2) is 5.68. The predicted octanol–water partition coefficient (Wildman–Crippen LogP) is 1.41. The summed E-state index contributed by atoms with van der Waals surface area (Å²) in [6.45, 7) is 5.74. The Morgan fingerprint density at radius 3 is 2.75 bits per heavy atom. The summed E-state index contributed by atoms with van der Waals surface area (Å²) in [6, 6.07) is 0.135. The van der Waals surface area contributed by atoms with Crippen LogP contribution in [0.4, 0.5) is 0 Å². The molecule has 1 N–H and O–H groups in total. The molecule has 0 bridgehead atoms. The highest BCUT2D eigenvalue weighted by atomic mass is 16.5. The third-order valence-corrected chi connectivity index (χ3v) is 2.77. The van der Waals surface area contributed by atoms with Gasteiger partial charge in [0.05, 0.1) is 6.61 Å². The molecule has 0 radical (unpaired) electrons. The number of nitrogens with one attached hydrogen (secondary N) is 1. The maximum Gasteiger partial charge on any atom is 0.333 e. The molecule has 0 spiro atoms. The molecule has 4 nitrogen and oxygen atoms in total. The number of esters is 1. The number of hydrogen-bond acceptors (Lipinski definition) is 3. The van der Waals surface area contributed by atoms with Crippen LogP contribution in [0, 0.1) is 5.92 Å². The molecule has 90 valence electrons. The van der Waals surface area contributed by atoms with Crippen LogP contribution in [0.15, 0.2) is 11.6 Å². The number of hydrogen-bond donors (Lipinski definition) is 1. The monoisotopic (exact) mass is 225 g/mol. The summed E-state index contributed by atoms with van der Waals surface area (Å²) in [6.07, 6.45) is 3.25. The number of carbonyl (C=O) groups excluding carboxylic acids is 2. The van der Waals surface area contributed by atoms with Gasteiger partial charge in [0.2, 0.25) is 5.91 Å². The van der Waals surface area contributed by atoms with Crippen LogP contribution in [0.5, 0.6) is 0 Å². The Morgan fingerprint density at radius 2 is 2.25 bits per heavy atom. The normalized spacial score (nSPS) is 24.6. The van der Waals surface area contributed by atoms with Crippen LogP contribution >= 0.6 is 0 Å². The molecule has 0 saturated carbocycles. The Bertz CT molecular complexity index is 309. The topological polar surface area (TPSA) is 55.4 Å². The van der Waals surface area contributed by atoms with E-state index in [0.717, 1.165) is 5.57 Å². The summed E-state index contributed by atoms with van der Waals surface area (Å²) in [5, 5.41) is 2.89. The molecule has 0 fully saturated rings. The van der Waals surface area contributed by atoms with Crippen molar-refractivity contribution in [1.82, 2.24) is 5.32 Å². The molecular formula is C12H19NO3. The van der Waals surface area contributed by atoms with E-state index in [2.05, 4.69) is 5.32 Å². The molecule has 1 rings (SSSR count). The van der Waals surface area contributed by atoms with Crippen molar-refractivity contribution < 1.29 is 14.3 Å². The third-order valence-electron chi connectivity index (χ3n) is 2.77. The van der Waals surface area contributed by atoms with Gasteiger partial charge in [0, 0.05) is 18.5 Å². The second-order valence-electron chi connectivity index (χ2n) is 4.17. The minimum atomic E-state index is -0.226. The van der Waals surface area contributed by atoms with Crippen molar-refractivity contribution in [2.75, 3.05) is 6.61 Å². The van der Waals surface area contributed by atoms with E-state index in [4.69, 9.17) is 4.74 Å². The van der Waals surface area contributed by atoms with Gasteiger partial charge in [-0.15, -0.1) is 0 Å². The van der Waals surface area contributed by atoms with Gasteiger partial charge in [0.25, 0.3) is 0 Å². The van der Waals surface area contributed by atoms with Gasteiger partial charge in [-0.1, -0.05) is 13.0 Å². The molecule has 2 atom stereocenters. The number of rotatable bonds is 3. The Morgan fingerprint density at radius 1 is 1.56 bits per heavy atom. The Labute approximate surface area is 96.0 Å². The highest BCUT2D eigenvalue weighted by Gasteiger charge is 2.26. The molecule has 16 heavy (non-hydrogen) atoms. The molecule has 0 aromatic rings. The van der Waals surface area contributed by atoms with Gasteiger partial charge < -0.3 is 10.1 Å². The molecule has 0 aliphatic heterocycles. The standard InChI is InChI=1S/C12H19NO3/c1-4-16-12(15)10-5-6-11(8(2)7-10)13-9(3)14/h5,8,11H,4,6-7H2,1-3H3,(H,13,14). The molecule has 1 aliphatic rings. The second-order valence-corrected chi connectivity index (χ2v) is 4.17. The van der Waals surface area contributed by atoms with Crippen molar-refractivity contribution in [2.45, 2.75) is 39.7 Å². The SMILES string of the molecule is CCOC(=O)C1=CCC(NC(C)=O)C(C)C1. The summed E-state index contributed by atoms with van der Waals surface area (Å²) >= 11 is 0. The average Bonchev–Trinajstić information content (AvgIpc) is 2.20. The lowest BCUT2D eigenvalue weighted by molar-refractivity contribution is -0.138. The van der Waals surface area contributed by atoms with Crippen LogP contribution in [0.25, 0.3) is 0 Å². The fourth-order valence-corrected chi connectivity index (χ4v) is 1.93. The number of carbonyl (C=O) groups is 2. The molecule has 0 heterocycles. The lowest BCUT2D eigenvalue weighted by atomic mass is 9.86. The van der Waals surface area contributed by atoms with Gasteiger partial charge in [0.1, 0.15) is 0 Å². The minimum absolute atomic E-state index is 0.0233. The minimum Gasteiger partial charge on any atom is -0.463 e. The van der Waals surface area contributed by atoms with Crippen LogP contribution in [0.1, 0.15) is 33.6 Å². The van der Waals surface area contributed by atoms with Gasteiger partial charge in [-0.2, -0.15) is 0 Å². The van der Waals surface area contributed by atoms with Crippen LogP contribution < -0.4 is 5.32 Å². The summed E-state index contributed by atoms with van der Waals surface area (Å²) < 4.78 is 4.95. The van der Waals surface area contributed by atoms with Gasteiger partial charge >= 0.3 is 5.97 Å². The first-order valence-electron chi connectivity index (χ1n) is 5.67. The smallest absolute Gasteiger partial charge is 0.333 e. The summed E-state index contributed by atoms with van der Waals surface area (Å²) in [5.41, 5.74) is 0.732. The first-order valence-corrected chi connectivity index (χ1v) is 5.67. The highest BCUT2D eigenvalue weighted by Crippen LogP contribution is 2.24. The molecular weight excluding hydrogens is 206 g/mol. The molecule has 0 aromatic heterocycles. The fraction of sp³-hybridized carbons (Fsp3) is 0.667. The van der Waals surface area contributed by atoms with E-state index in [1.807, 2.05) is 13.0 Å². The van der Waals surface area contributed by atoms with Crippen molar-refractivity contribution in [2.24, 2.45) is 5.92 Å². The summed E-state index contributed by atoms with van der Waals surface area (Å²) in [5.74, 6) is 0.0220. The lowest BCUT2D eigenvalue weighted by Crippen LogP contribution is -2.40. The first kappa shape index (κ1) is 12.7. The Balaban J connectivity index is 2.59. The van der Waals surface area contributed by atoms with Crippen LogP contribution in [-0.2, 0) is 14.3 Å². The van der Waals surface area contributed by atoms with E-state index in [9.17, 15) is 9.59 Å². The van der Waals surface area contributed by atoms with Gasteiger partial charge in [0.15, 0.2) is 0 Å². The zero-order valence-corrected chi connectivity index (χ0v) is 10.1. The van der Waals surface area contributed by atoms with E-state index in [0.29, 0.717) is 19.4 Å². The van der Waals surface area contributed by atoms with Gasteiger partial charge in [-0.05, 0) is 25.7 Å². The van der Waals surface area contributed by atoms with E-state index in [-0.39, 0.29) is 23.8 Å². The number of ether oxygens (including phenoxy) is 1. The lowest BCUT2D eigenvalue weighted by Gasteiger charge is -2.28. The van der Waals surface area contributed by atoms with E-state index < -0.39 is 0 Å². The first-order chi connectivity index (χ1) is 7.54. The van der Waals surface area contributed by atoms with Crippen molar-refractivity contribution in [3.63, 3.8) is 0 Å². The Kier molecular flexibility index (Phi) is 4.52. The zero-order valence-electron chi connectivity index (χ0n) is 10.1. The highest BCUT2D eigenvalue weighted by molar-refractivity contribution is 5.88. The third kappa shape index (κ3) is 3.36. The van der Waals surface area contributed by atoms with Crippen LogP contribution in [0.3, 0.4) is 0 Å². The molecule has 1 aliphatic carbocycles. The zero-order chi connectivity index (χ0) is 12.1. The number of amides is 1. The van der Waals surface area contributed by atoms with Crippen molar-refractivity contribution in [3.8, 4) is 0 Å². The molecule has 4 heteroatoms. The van der Waals surface area contributed by atoms with Crippen molar-refractivity contribution >= 4 is 11.9 Å². The predicted molar refractivity (Wildman–Crippen MR) is 60.7 cm³/mol. The van der Waals surface area contributed by atoms with E-state index in [1.165, 1.54) is 6.92 Å². The summed E-state index contributed by atoms with van der Waals surface area (Å²) in [7, 11) is 0. The molecule has 1 amide bonds. The molecule has 0 saturated heterocycles. The fourth-order valence-electron chi connectivity index (χ4n) is 1.93. The summed E-state index contributed by atoms with van der Waals surface area (Å²) in [4.78, 5) is 22.4. The largest absolute Gasteiger partial charge is 0.463 e. The van der Waals surface area contributed by atoms with Crippen molar-refractivity contribution in [1.29, 1.82) is 0 Å². The van der Waals surface area contributed by atoms with Crippen LogP contribution in [-0.4, -0.2) is 24.5 Å². The van der Waals surface area contributed by atoms with Crippen molar-refractivity contribution in [3.05, 3.63) is 11.6 Å². The Hall–Kier alpha value is -1.32. The van der Waals surface area contributed by atoms with E-state index >= 15 is 0 Å². The van der Waals surface area contributed by atoms with Gasteiger partial charge in [-0.25, -0.2) is 4.79 Å².